The van der Waals surface area contributed by atoms with E-state index in [0.717, 1.165) is 22.4 Å². The van der Waals surface area contributed by atoms with E-state index >= 15 is 0 Å². The van der Waals surface area contributed by atoms with Gasteiger partial charge in [-0.2, -0.15) is 0 Å². The number of carbonyl (C=O) groups excluding carboxylic acids is 1. The molecule has 0 radical (unpaired) electrons. The molecular formula is C22H32N2O2S. The topological polar surface area (TPSA) is 46.3 Å². The lowest BCUT2D eigenvalue weighted by Crippen LogP contribution is -2.56. The molecule has 1 aromatic heterocycles. The van der Waals surface area contributed by atoms with Gasteiger partial charge in [0.1, 0.15) is 0 Å². The first-order chi connectivity index (χ1) is 13.1. The molecule has 5 saturated carbocycles. The third kappa shape index (κ3) is 3.24. The molecule has 0 N–H and O–H groups in total. The normalized spacial score (nSPS) is 35.6. The van der Waals surface area contributed by atoms with Gasteiger partial charge in [0.2, 0.25) is 5.76 Å². The summed E-state index contributed by atoms with van der Waals surface area (Å²) in [6.45, 7) is 1.98. The van der Waals surface area contributed by atoms with Crippen LogP contribution in [0.3, 0.4) is 0 Å². The van der Waals surface area contributed by atoms with E-state index in [1.807, 2.05) is 30.6 Å². The number of carbonyl (C=O) groups is 1. The third-order valence-corrected chi connectivity index (χ3v) is 9.31. The SMILES string of the molecule is Cc1noc(C(=O)N(C)C2C3CC4CC(C3)CC2C4)c1SC1CCCCC1. The summed E-state index contributed by atoms with van der Waals surface area (Å²) in [5.74, 6) is 3.82. The smallest absolute Gasteiger partial charge is 0.293 e. The lowest BCUT2D eigenvalue weighted by Gasteiger charge is -2.56. The Morgan fingerprint density at radius 1 is 1.04 bits per heavy atom. The Bertz CT molecular complexity index is 681. The molecule has 0 saturated heterocycles. The molecule has 0 spiro atoms. The molecule has 0 unspecified atom stereocenters. The zero-order chi connectivity index (χ0) is 18.5. The van der Waals surface area contributed by atoms with Crippen molar-refractivity contribution in [3.05, 3.63) is 11.5 Å². The zero-order valence-electron chi connectivity index (χ0n) is 16.7. The monoisotopic (exact) mass is 388 g/mol. The number of nitrogens with zero attached hydrogens (tertiary/aromatic N) is 2. The van der Waals surface area contributed by atoms with E-state index < -0.39 is 0 Å². The van der Waals surface area contributed by atoms with Crippen molar-refractivity contribution in [1.29, 1.82) is 0 Å². The van der Waals surface area contributed by atoms with Crippen LogP contribution in [0.2, 0.25) is 0 Å². The van der Waals surface area contributed by atoms with Crippen LogP contribution < -0.4 is 0 Å². The first-order valence-electron chi connectivity index (χ1n) is 11.0. The fraction of sp³-hybridized carbons (Fsp3) is 0.818. The summed E-state index contributed by atoms with van der Waals surface area (Å²) in [7, 11) is 2.02. The molecular weight excluding hydrogens is 356 g/mol. The van der Waals surface area contributed by atoms with Gasteiger partial charge in [0.15, 0.2) is 0 Å². The molecule has 5 aliphatic rings. The first-order valence-corrected chi connectivity index (χ1v) is 11.9. The minimum absolute atomic E-state index is 0.0615. The molecule has 0 atom stereocenters. The Morgan fingerprint density at radius 3 is 2.30 bits per heavy atom. The van der Waals surface area contributed by atoms with Gasteiger partial charge in [0.25, 0.3) is 5.91 Å². The Labute approximate surface area is 166 Å². The highest BCUT2D eigenvalue weighted by molar-refractivity contribution is 8.00. The molecule has 4 nitrogen and oxygen atoms in total. The molecule has 1 aromatic rings. The Morgan fingerprint density at radius 2 is 1.67 bits per heavy atom. The molecule has 5 fully saturated rings. The number of rotatable bonds is 4. The Balaban J connectivity index is 1.35. The number of thioether (sulfide) groups is 1. The van der Waals surface area contributed by atoms with Crippen molar-refractivity contribution in [3.8, 4) is 0 Å². The fourth-order valence-electron chi connectivity index (χ4n) is 6.81. The van der Waals surface area contributed by atoms with Crippen molar-refractivity contribution in [2.45, 2.75) is 87.3 Å². The Kier molecular flexibility index (Phi) is 4.77. The maximum absolute atomic E-state index is 13.4. The van der Waals surface area contributed by atoms with E-state index in [9.17, 15) is 4.79 Å². The van der Waals surface area contributed by atoms with Gasteiger partial charge in [-0.15, -0.1) is 11.8 Å². The van der Waals surface area contributed by atoms with Crippen LogP contribution in [0.1, 0.15) is 80.5 Å². The zero-order valence-corrected chi connectivity index (χ0v) is 17.5. The molecule has 5 aliphatic carbocycles. The van der Waals surface area contributed by atoms with Gasteiger partial charge in [-0.25, -0.2) is 0 Å². The second-order valence-corrected chi connectivity index (χ2v) is 11.0. The van der Waals surface area contributed by atoms with E-state index in [2.05, 4.69) is 5.16 Å². The summed E-state index contributed by atoms with van der Waals surface area (Å²) in [6, 6.07) is 0.406. The summed E-state index contributed by atoms with van der Waals surface area (Å²) in [5.41, 5.74) is 0.882. The second-order valence-electron chi connectivity index (χ2n) is 9.64. The molecule has 5 heteroatoms. The largest absolute Gasteiger partial charge is 0.350 e. The maximum atomic E-state index is 13.4. The van der Waals surface area contributed by atoms with Gasteiger partial charge < -0.3 is 9.42 Å². The highest BCUT2D eigenvalue weighted by Gasteiger charge is 2.50. The number of aromatic nitrogens is 1. The molecule has 1 amide bonds. The summed E-state index contributed by atoms with van der Waals surface area (Å²) in [4.78, 5) is 16.5. The van der Waals surface area contributed by atoms with Crippen molar-refractivity contribution in [2.75, 3.05) is 7.05 Å². The van der Waals surface area contributed by atoms with Gasteiger partial charge in [-0.1, -0.05) is 24.4 Å². The van der Waals surface area contributed by atoms with Gasteiger partial charge >= 0.3 is 0 Å². The molecule has 0 aliphatic heterocycles. The van der Waals surface area contributed by atoms with Crippen molar-refractivity contribution < 1.29 is 9.32 Å². The molecule has 4 bridgehead atoms. The van der Waals surface area contributed by atoms with Gasteiger partial charge in [-0.05, 0) is 75.5 Å². The molecule has 1 heterocycles. The lowest BCUT2D eigenvalue weighted by molar-refractivity contribution is -0.0499. The van der Waals surface area contributed by atoms with E-state index in [-0.39, 0.29) is 5.91 Å². The van der Waals surface area contributed by atoms with Crippen LogP contribution in [0.4, 0.5) is 0 Å². The first kappa shape index (κ1) is 18.1. The van der Waals surface area contributed by atoms with E-state index in [1.165, 1.54) is 64.2 Å². The number of amides is 1. The van der Waals surface area contributed by atoms with E-state index in [1.54, 1.807) is 0 Å². The molecule has 27 heavy (non-hydrogen) atoms. The third-order valence-electron chi connectivity index (χ3n) is 7.78. The fourth-order valence-corrected chi connectivity index (χ4v) is 8.15. The van der Waals surface area contributed by atoms with Crippen LogP contribution in [-0.4, -0.2) is 34.3 Å². The van der Waals surface area contributed by atoms with E-state index in [4.69, 9.17) is 4.52 Å². The number of hydrogen-bond donors (Lipinski definition) is 0. The van der Waals surface area contributed by atoms with Gasteiger partial charge in [-0.3, -0.25) is 4.79 Å². The highest BCUT2D eigenvalue weighted by atomic mass is 32.2. The molecule has 0 aromatic carbocycles. The molecule has 6 rings (SSSR count). The predicted molar refractivity (Wildman–Crippen MR) is 107 cm³/mol. The minimum Gasteiger partial charge on any atom is -0.350 e. The minimum atomic E-state index is 0.0615. The van der Waals surface area contributed by atoms with Crippen molar-refractivity contribution in [2.24, 2.45) is 23.7 Å². The summed E-state index contributed by atoms with van der Waals surface area (Å²) in [5, 5.41) is 4.79. The highest BCUT2D eigenvalue weighted by Crippen LogP contribution is 2.55. The number of hydrogen-bond acceptors (Lipinski definition) is 4. The van der Waals surface area contributed by atoms with Crippen LogP contribution in [0.15, 0.2) is 9.42 Å². The number of aryl methyl sites for hydroxylation is 1. The maximum Gasteiger partial charge on any atom is 0.293 e. The van der Waals surface area contributed by atoms with Gasteiger partial charge in [0.05, 0.1) is 10.6 Å². The summed E-state index contributed by atoms with van der Waals surface area (Å²) in [6.07, 6.45) is 13.2. The van der Waals surface area contributed by atoms with Crippen LogP contribution in [0.5, 0.6) is 0 Å². The van der Waals surface area contributed by atoms with Gasteiger partial charge in [0, 0.05) is 18.3 Å². The standard InChI is InChI=1S/C22H32N2O2S/c1-13-21(27-18-6-4-3-5-7-18)20(26-23-13)22(25)24(2)19-16-9-14-8-15(11-16)12-17(19)10-14/h14-19H,3-12H2,1-2H3. The average Bonchev–Trinajstić information content (AvgIpc) is 3.01. The van der Waals surface area contributed by atoms with Crippen molar-refractivity contribution in [3.63, 3.8) is 0 Å². The van der Waals surface area contributed by atoms with Crippen molar-refractivity contribution >= 4 is 17.7 Å². The summed E-state index contributed by atoms with van der Waals surface area (Å²) >= 11 is 1.84. The Hall–Kier alpha value is -0.970. The molecule has 148 valence electrons. The van der Waals surface area contributed by atoms with Crippen LogP contribution in [-0.2, 0) is 0 Å². The van der Waals surface area contributed by atoms with Crippen LogP contribution in [0, 0.1) is 30.6 Å². The van der Waals surface area contributed by atoms with Crippen LogP contribution >= 0.6 is 11.8 Å². The summed E-state index contributed by atoms with van der Waals surface area (Å²) < 4.78 is 5.60. The average molecular weight is 389 g/mol. The van der Waals surface area contributed by atoms with E-state index in [0.29, 0.717) is 28.9 Å². The lowest BCUT2D eigenvalue weighted by atomic mass is 9.54. The van der Waals surface area contributed by atoms with Crippen molar-refractivity contribution in [1.82, 2.24) is 10.1 Å². The predicted octanol–water partition coefficient (Wildman–Crippen LogP) is 5.30. The second kappa shape index (κ2) is 7.13. The van der Waals surface area contributed by atoms with Crippen LogP contribution in [0.25, 0.3) is 0 Å². The quantitative estimate of drug-likeness (QED) is 0.702.